The molecule has 5 heteroatoms. The van der Waals surface area contributed by atoms with Gasteiger partial charge in [-0.2, -0.15) is 0 Å². The van der Waals surface area contributed by atoms with Crippen LogP contribution in [0.25, 0.3) is 0 Å². The second-order valence-corrected chi connectivity index (χ2v) is 12.0. The second kappa shape index (κ2) is 8.18. The van der Waals surface area contributed by atoms with Crippen molar-refractivity contribution in [2.75, 3.05) is 6.26 Å². The van der Waals surface area contributed by atoms with Crippen molar-refractivity contribution in [1.29, 1.82) is 0 Å². The van der Waals surface area contributed by atoms with E-state index in [1.54, 1.807) is 6.26 Å². The summed E-state index contributed by atoms with van der Waals surface area (Å²) in [7, 11) is -1.27. The maximum Gasteiger partial charge on any atom is 0.318 e. The van der Waals surface area contributed by atoms with Crippen molar-refractivity contribution < 1.29 is 13.7 Å². The molecule has 2 atom stereocenters. The summed E-state index contributed by atoms with van der Waals surface area (Å²) < 4.78 is 23.7. The second-order valence-electron chi connectivity index (χ2n) is 8.26. The monoisotopic (exact) mass is 322 g/mol. The van der Waals surface area contributed by atoms with Gasteiger partial charge in [0, 0.05) is 11.2 Å². The zero-order valence-electron chi connectivity index (χ0n) is 14.8. The molecule has 0 heterocycles. The summed E-state index contributed by atoms with van der Waals surface area (Å²) in [6.07, 6.45) is 3.63. The van der Waals surface area contributed by atoms with E-state index in [4.69, 9.17) is 9.16 Å². The molecular formula is C15H34O3SSi. The molecule has 0 aromatic carbocycles. The Morgan fingerprint density at radius 2 is 1.40 bits per heavy atom. The molecule has 20 heavy (non-hydrogen) atoms. The SMILES string of the molecule is C[SiH](C)OC(OC(CC(C)(C)C)CC(C)(C)C)[S+](C)[O-]. The molecule has 0 fully saturated rings. The van der Waals surface area contributed by atoms with Crippen LogP contribution in [-0.2, 0) is 20.3 Å². The normalized spacial score (nSPS) is 16.8. The van der Waals surface area contributed by atoms with E-state index < -0.39 is 25.8 Å². The molecule has 0 spiro atoms. The molecule has 122 valence electrons. The van der Waals surface area contributed by atoms with Gasteiger partial charge in [-0.05, 0) is 36.8 Å². The van der Waals surface area contributed by atoms with E-state index in [0.717, 1.165) is 12.8 Å². The zero-order chi connectivity index (χ0) is 16.1. The summed E-state index contributed by atoms with van der Waals surface area (Å²) in [5.74, 6) is 0. The Hall–Kier alpha value is 0.447. The van der Waals surface area contributed by atoms with Crippen LogP contribution < -0.4 is 0 Å². The third-order valence-electron chi connectivity index (χ3n) is 2.64. The summed E-state index contributed by atoms with van der Waals surface area (Å²) in [4.78, 5) is 0. The molecule has 2 unspecified atom stereocenters. The van der Waals surface area contributed by atoms with Gasteiger partial charge in [0.15, 0.2) is 9.04 Å². The highest BCUT2D eigenvalue weighted by molar-refractivity contribution is 7.91. The number of ether oxygens (including phenoxy) is 1. The number of hydrogen-bond donors (Lipinski definition) is 0. The van der Waals surface area contributed by atoms with Gasteiger partial charge < -0.3 is 13.7 Å². The fraction of sp³-hybridized carbons (Fsp3) is 1.00. The van der Waals surface area contributed by atoms with Gasteiger partial charge in [0.1, 0.15) is 6.26 Å². The highest BCUT2D eigenvalue weighted by Crippen LogP contribution is 2.31. The molecule has 3 nitrogen and oxygen atoms in total. The van der Waals surface area contributed by atoms with E-state index in [-0.39, 0.29) is 16.9 Å². The molecule has 0 rings (SSSR count). The maximum absolute atomic E-state index is 11.8. The largest absolute Gasteiger partial charge is 0.613 e. The number of hydrogen-bond acceptors (Lipinski definition) is 3. The minimum Gasteiger partial charge on any atom is -0.613 e. The topological polar surface area (TPSA) is 41.5 Å². The number of rotatable bonds is 7. The van der Waals surface area contributed by atoms with E-state index >= 15 is 0 Å². The standard InChI is InChI=1S/C15H34O3SSi/c1-14(2,3)10-12(11-15(4,5)6)17-13(19(7)16)18-20(8)9/h12-13,20H,10-11H2,1-9H3. The van der Waals surface area contributed by atoms with E-state index in [1.807, 2.05) is 0 Å². The van der Waals surface area contributed by atoms with E-state index in [2.05, 4.69) is 54.6 Å². The lowest BCUT2D eigenvalue weighted by atomic mass is 9.82. The van der Waals surface area contributed by atoms with Crippen molar-refractivity contribution in [3.05, 3.63) is 0 Å². The Morgan fingerprint density at radius 1 is 1.00 bits per heavy atom. The van der Waals surface area contributed by atoms with E-state index in [1.165, 1.54) is 0 Å². The molecule has 0 aromatic heterocycles. The highest BCUT2D eigenvalue weighted by Gasteiger charge is 2.31. The van der Waals surface area contributed by atoms with Crippen LogP contribution >= 0.6 is 0 Å². The zero-order valence-corrected chi connectivity index (χ0v) is 16.8. The van der Waals surface area contributed by atoms with Crippen molar-refractivity contribution in [2.45, 2.75) is 79.2 Å². The predicted octanol–water partition coefficient (Wildman–Crippen LogP) is 3.91. The van der Waals surface area contributed by atoms with Gasteiger partial charge >= 0.3 is 5.62 Å². The minimum atomic E-state index is -1.27. The van der Waals surface area contributed by atoms with Gasteiger partial charge in [-0.15, -0.1) is 0 Å². The summed E-state index contributed by atoms with van der Waals surface area (Å²) in [6, 6.07) is 0. The van der Waals surface area contributed by atoms with Crippen LogP contribution in [0.3, 0.4) is 0 Å². The molecule has 0 radical (unpaired) electrons. The van der Waals surface area contributed by atoms with Gasteiger partial charge in [-0.1, -0.05) is 41.5 Å². The molecule has 0 aliphatic rings. The fourth-order valence-electron chi connectivity index (χ4n) is 2.10. The molecule has 0 amide bonds. The summed E-state index contributed by atoms with van der Waals surface area (Å²) in [5.41, 5.74) is -0.202. The average Bonchev–Trinajstić information content (AvgIpc) is 2.09. The molecule has 0 aliphatic carbocycles. The van der Waals surface area contributed by atoms with E-state index in [9.17, 15) is 4.55 Å². The van der Waals surface area contributed by atoms with Crippen LogP contribution in [0.15, 0.2) is 0 Å². The summed E-state index contributed by atoms with van der Waals surface area (Å²) in [6.45, 7) is 17.4. The van der Waals surface area contributed by atoms with Crippen molar-refractivity contribution in [1.82, 2.24) is 0 Å². The van der Waals surface area contributed by atoms with E-state index in [0.29, 0.717) is 0 Å². The van der Waals surface area contributed by atoms with Crippen molar-refractivity contribution in [3.63, 3.8) is 0 Å². The molecule has 0 saturated carbocycles. The molecule has 0 aliphatic heterocycles. The van der Waals surface area contributed by atoms with Crippen LogP contribution in [0.2, 0.25) is 13.1 Å². The van der Waals surface area contributed by atoms with Crippen molar-refractivity contribution in [2.24, 2.45) is 10.8 Å². The Morgan fingerprint density at radius 3 is 1.65 bits per heavy atom. The Kier molecular flexibility index (Phi) is 8.36. The lowest BCUT2D eigenvalue weighted by Gasteiger charge is -2.33. The summed E-state index contributed by atoms with van der Waals surface area (Å²) in [5, 5.41) is 0. The molecular weight excluding hydrogens is 288 g/mol. The Labute approximate surface area is 130 Å². The Balaban J connectivity index is 4.82. The predicted molar refractivity (Wildman–Crippen MR) is 90.8 cm³/mol. The molecule has 0 aromatic rings. The smallest absolute Gasteiger partial charge is 0.318 e. The van der Waals surface area contributed by atoms with Gasteiger partial charge in [0.2, 0.25) is 0 Å². The third kappa shape index (κ3) is 11.1. The van der Waals surface area contributed by atoms with Crippen LogP contribution in [0, 0.1) is 10.8 Å². The first-order chi connectivity index (χ1) is 8.80. The van der Waals surface area contributed by atoms with Crippen LogP contribution in [-0.4, -0.2) is 31.6 Å². The molecule has 0 N–H and O–H groups in total. The van der Waals surface area contributed by atoms with Crippen LogP contribution in [0.5, 0.6) is 0 Å². The van der Waals surface area contributed by atoms with Crippen molar-refractivity contribution >= 4 is 20.2 Å². The van der Waals surface area contributed by atoms with Gasteiger partial charge in [0.05, 0.1) is 6.10 Å². The first-order valence-electron chi connectivity index (χ1n) is 7.43. The Bertz CT molecular complexity index is 253. The summed E-state index contributed by atoms with van der Waals surface area (Å²) >= 11 is -1.11. The molecule has 0 saturated heterocycles. The minimum absolute atomic E-state index is 0.0802. The van der Waals surface area contributed by atoms with Crippen LogP contribution in [0.4, 0.5) is 0 Å². The maximum atomic E-state index is 11.8. The quantitative estimate of drug-likeness (QED) is 0.405. The lowest BCUT2D eigenvalue weighted by molar-refractivity contribution is -0.0928. The van der Waals surface area contributed by atoms with Gasteiger partial charge in [0.25, 0.3) is 0 Å². The molecule has 0 bridgehead atoms. The van der Waals surface area contributed by atoms with Gasteiger partial charge in [-0.25, -0.2) is 0 Å². The highest BCUT2D eigenvalue weighted by atomic mass is 32.2. The average molecular weight is 323 g/mol. The van der Waals surface area contributed by atoms with Gasteiger partial charge in [-0.3, -0.25) is 0 Å². The first kappa shape index (κ1) is 20.4. The van der Waals surface area contributed by atoms with Crippen LogP contribution in [0.1, 0.15) is 54.4 Å². The lowest BCUT2D eigenvalue weighted by Crippen LogP contribution is -2.37. The first-order valence-corrected chi connectivity index (χ1v) is 11.8. The third-order valence-corrected chi connectivity index (χ3v) is 4.39. The fourth-order valence-corrected chi connectivity index (χ4v) is 4.22. The van der Waals surface area contributed by atoms with Crippen molar-refractivity contribution in [3.8, 4) is 0 Å².